The normalized spacial score (nSPS) is 20.1. The molecule has 0 bridgehead atoms. The van der Waals surface area contributed by atoms with Crippen LogP contribution in [0.1, 0.15) is 27.8 Å². The number of fused-ring (bicyclic) bond motifs is 2. The van der Waals surface area contributed by atoms with Crippen molar-refractivity contribution in [3.05, 3.63) is 113 Å². The predicted octanol–water partition coefficient (Wildman–Crippen LogP) is 6.82. The summed E-state index contributed by atoms with van der Waals surface area (Å²) < 4.78 is 35.5. The molecular formula is C38H36O6. The Bertz CT molecular complexity index is 1820. The zero-order valence-electron chi connectivity index (χ0n) is 24.9. The molecule has 5 aromatic rings. The van der Waals surface area contributed by atoms with Crippen LogP contribution < -0.4 is 14.2 Å². The highest BCUT2D eigenvalue weighted by Crippen LogP contribution is 2.37. The van der Waals surface area contributed by atoms with Gasteiger partial charge in [0.25, 0.3) is 0 Å². The summed E-state index contributed by atoms with van der Waals surface area (Å²) in [6.07, 6.45) is 1.96. The van der Waals surface area contributed by atoms with E-state index in [1.807, 2.05) is 0 Å². The van der Waals surface area contributed by atoms with Gasteiger partial charge in [0.15, 0.2) is 0 Å². The van der Waals surface area contributed by atoms with Crippen LogP contribution >= 0.6 is 0 Å². The fourth-order valence-electron chi connectivity index (χ4n) is 6.06. The highest BCUT2D eigenvalue weighted by Gasteiger charge is 2.27. The van der Waals surface area contributed by atoms with Gasteiger partial charge in [0.1, 0.15) is 55.4 Å². The first-order valence-corrected chi connectivity index (χ1v) is 15.5. The third-order valence-electron chi connectivity index (χ3n) is 8.62. The van der Waals surface area contributed by atoms with Crippen LogP contribution in [0, 0.1) is 6.92 Å². The molecule has 0 aliphatic carbocycles. The molecule has 5 aromatic carbocycles. The molecule has 3 atom stereocenters. The van der Waals surface area contributed by atoms with E-state index in [0.717, 1.165) is 60.2 Å². The molecule has 44 heavy (non-hydrogen) atoms. The maximum Gasteiger partial charge on any atom is 0.125 e. The van der Waals surface area contributed by atoms with Crippen LogP contribution in [0.2, 0.25) is 0 Å². The Morgan fingerprint density at radius 2 is 1.09 bits per heavy atom. The minimum atomic E-state index is 0.169. The highest BCUT2D eigenvalue weighted by molar-refractivity contribution is 5.89. The summed E-state index contributed by atoms with van der Waals surface area (Å²) in [5.41, 5.74) is 5.81. The Morgan fingerprint density at radius 1 is 0.591 bits per heavy atom. The van der Waals surface area contributed by atoms with Crippen LogP contribution in [0.5, 0.6) is 17.2 Å². The smallest absolute Gasteiger partial charge is 0.125 e. The number of epoxide rings is 3. The van der Waals surface area contributed by atoms with E-state index in [-0.39, 0.29) is 18.3 Å². The van der Waals surface area contributed by atoms with E-state index in [2.05, 4.69) is 91.9 Å². The second kappa shape index (κ2) is 11.8. The van der Waals surface area contributed by atoms with Crippen molar-refractivity contribution in [2.45, 2.75) is 38.1 Å². The molecule has 0 N–H and O–H groups in total. The van der Waals surface area contributed by atoms with Gasteiger partial charge >= 0.3 is 0 Å². The third kappa shape index (κ3) is 6.11. The Morgan fingerprint density at radius 3 is 1.64 bits per heavy atom. The van der Waals surface area contributed by atoms with Gasteiger partial charge in [-0.25, -0.2) is 0 Å². The number of hydrogen-bond donors (Lipinski definition) is 0. The lowest BCUT2D eigenvalue weighted by Gasteiger charge is -2.20. The van der Waals surface area contributed by atoms with Crippen molar-refractivity contribution in [1.82, 2.24) is 0 Å². The van der Waals surface area contributed by atoms with E-state index in [4.69, 9.17) is 28.4 Å². The van der Waals surface area contributed by atoms with E-state index >= 15 is 0 Å². The van der Waals surface area contributed by atoms with Gasteiger partial charge < -0.3 is 28.4 Å². The van der Waals surface area contributed by atoms with Gasteiger partial charge in [-0.15, -0.1) is 0 Å². The number of hydrogen-bond acceptors (Lipinski definition) is 6. The molecule has 3 saturated heterocycles. The molecule has 3 aliphatic rings. The maximum absolute atomic E-state index is 6.47. The number of rotatable bonds is 13. The van der Waals surface area contributed by atoms with Crippen molar-refractivity contribution >= 4 is 21.5 Å². The van der Waals surface area contributed by atoms with Crippen molar-refractivity contribution < 1.29 is 28.4 Å². The summed E-state index contributed by atoms with van der Waals surface area (Å²) in [4.78, 5) is 0. The summed E-state index contributed by atoms with van der Waals surface area (Å²) in [5, 5.41) is 4.79. The second-order valence-electron chi connectivity index (χ2n) is 12.1. The van der Waals surface area contributed by atoms with Gasteiger partial charge in [0.05, 0.1) is 19.8 Å². The lowest BCUT2D eigenvalue weighted by atomic mass is 9.91. The molecule has 6 heteroatoms. The topological polar surface area (TPSA) is 65.3 Å². The molecule has 224 valence electrons. The summed E-state index contributed by atoms with van der Waals surface area (Å²) in [7, 11) is 0. The fraction of sp³-hybridized carbons (Fsp3) is 0.316. The van der Waals surface area contributed by atoms with Gasteiger partial charge in [-0.1, -0.05) is 72.8 Å². The molecule has 0 amide bonds. The fourth-order valence-corrected chi connectivity index (χ4v) is 6.06. The van der Waals surface area contributed by atoms with Crippen LogP contribution in [-0.2, 0) is 27.1 Å². The lowest BCUT2D eigenvalue weighted by molar-refractivity contribution is 0.258. The minimum Gasteiger partial charge on any atom is -0.490 e. The van der Waals surface area contributed by atoms with Gasteiger partial charge in [0.2, 0.25) is 0 Å². The first-order valence-electron chi connectivity index (χ1n) is 15.5. The van der Waals surface area contributed by atoms with E-state index in [1.165, 1.54) is 32.7 Å². The molecule has 3 fully saturated rings. The minimum absolute atomic E-state index is 0.169. The van der Waals surface area contributed by atoms with E-state index in [9.17, 15) is 0 Å². The van der Waals surface area contributed by atoms with Crippen LogP contribution in [0.4, 0.5) is 0 Å². The summed E-state index contributed by atoms with van der Waals surface area (Å²) >= 11 is 0. The van der Waals surface area contributed by atoms with Crippen LogP contribution in [0.3, 0.4) is 0 Å². The lowest BCUT2D eigenvalue weighted by Crippen LogP contribution is -2.10. The predicted molar refractivity (Wildman–Crippen MR) is 170 cm³/mol. The van der Waals surface area contributed by atoms with Gasteiger partial charge in [-0.2, -0.15) is 0 Å². The zero-order valence-corrected chi connectivity index (χ0v) is 24.9. The van der Waals surface area contributed by atoms with E-state index in [0.29, 0.717) is 26.2 Å². The molecule has 3 heterocycles. The van der Waals surface area contributed by atoms with Crippen LogP contribution in [0.25, 0.3) is 21.5 Å². The zero-order chi connectivity index (χ0) is 29.5. The van der Waals surface area contributed by atoms with Crippen molar-refractivity contribution in [3.8, 4) is 17.2 Å². The molecule has 0 spiro atoms. The number of benzene rings is 5. The van der Waals surface area contributed by atoms with Crippen molar-refractivity contribution in [2.24, 2.45) is 0 Å². The van der Waals surface area contributed by atoms with Crippen LogP contribution in [-0.4, -0.2) is 58.0 Å². The average molecular weight is 589 g/mol. The quantitative estimate of drug-likeness (QED) is 0.141. The molecule has 0 saturated carbocycles. The summed E-state index contributed by atoms with van der Waals surface area (Å²) in [6.45, 7) is 6.11. The standard InChI is InChI=1S/C38H36O6/c1-24-14-25(16-34-32-8-4-2-6-26(32)10-12-36(34)42-21-29-18-39-29)15-28(38(24)44-23-31-20-41-31)17-35-33-9-5-3-7-27(33)11-13-37(35)43-22-30-19-40-30/h2-15,29-31H,16-23H2,1H3/t29?,30-,31-/m0/s1. The van der Waals surface area contributed by atoms with E-state index in [1.54, 1.807) is 0 Å². The Labute approximate surface area is 257 Å². The van der Waals surface area contributed by atoms with Gasteiger partial charge in [0, 0.05) is 24.0 Å². The van der Waals surface area contributed by atoms with E-state index < -0.39 is 0 Å². The Kier molecular flexibility index (Phi) is 7.34. The summed E-state index contributed by atoms with van der Waals surface area (Å²) in [5.74, 6) is 2.73. The highest BCUT2D eigenvalue weighted by atomic mass is 16.6. The number of aryl methyl sites for hydroxylation is 1. The van der Waals surface area contributed by atoms with Crippen molar-refractivity contribution in [3.63, 3.8) is 0 Å². The molecule has 6 nitrogen and oxygen atoms in total. The largest absolute Gasteiger partial charge is 0.490 e. The summed E-state index contributed by atoms with van der Waals surface area (Å²) in [6, 6.07) is 30.1. The monoisotopic (exact) mass is 588 g/mol. The molecule has 1 unspecified atom stereocenters. The first-order chi connectivity index (χ1) is 21.7. The average Bonchev–Trinajstić information content (AvgIpc) is 3.89. The second-order valence-corrected chi connectivity index (χ2v) is 12.1. The molecule has 0 radical (unpaired) electrons. The molecule has 3 aliphatic heterocycles. The van der Waals surface area contributed by atoms with Gasteiger partial charge in [-0.3, -0.25) is 0 Å². The molecule has 8 rings (SSSR count). The van der Waals surface area contributed by atoms with Crippen molar-refractivity contribution in [2.75, 3.05) is 39.6 Å². The first kappa shape index (κ1) is 27.4. The molecule has 0 aromatic heterocycles. The van der Waals surface area contributed by atoms with Crippen LogP contribution in [0.15, 0.2) is 84.9 Å². The third-order valence-corrected chi connectivity index (χ3v) is 8.62. The SMILES string of the molecule is Cc1cc(Cc2c(OCC3CO3)ccc3ccccc23)cc(Cc2c(OC[C@@H]3CO3)ccc3ccccc23)c1OC[C@@H]1CO1. The Balaban J connectivity index is 1.19. The Hall–Kier alpha value is -4.10. The number of ether oxygens (including phenoxy) is 6. The molecular weight excluding hydrogens is 552 g/mol. The van der Waals surface area contributed by atoms with Gasteiger partial charge in [-0.05, 0) is 57.3 Å². The van der Waals surface area contributed by atoms with Crippen molar-refractivity contribution in [1.29, 1.82) is 0 Å². The maximum atomic E-state index is 6.47.